The van der Waals surface area contributed by atoms with Gasteiger partial charge in [-0.15, -0.1) is 0 Å². The molecule has 2 aromatic rings. The second-order valence-corrected chi connectivity index (χ2v) is 6.39. The molecule has 0 spiro atoms. The van der Waals surface area contributed by atoms with Crippen LogP contribution in [0.15, 0.2) is 30.5 Å². The van der Waals surface area contributed by atoms with Gasteiger partial charge in [-0.25, -0.2) is 4.98 Å². The maximum Gasteiger partial charge on any atom is 0.376 e. The van der Waals surface area contributed by atoms with E-state index < -0.39 is 12.9 Å². The molecular weight excluding hydrogens is 267 g/mol. The molecule has 100 valence electrons. The lowest BCUT2D eigenvalue weighted by molar-refractivity contribution is 0.0841. The topological polar surface area (TPSA) is 95.4 Å². The number of para-hydroxylation sites is 1. The molecule has 7 heteroatoms. The van der Waals surface area contributed by atoms with Crippen LogP contribution in [0.2, 0.25) is 0 Å². The Hall–Kier alpha value is -1.62. The summed E-state index contributed by atoms with van der Waals surface area (Å²) < 4.78 is 17.0. The molecule has 0 saturated heterocycles. The number of ether oxygens (including phenoxy) is 1. The number of nitrogens with zero attached hydrogens (tertiary/aromatic N) is 1. The fourth-order valence-electron chi connectivity index (χ4n) is 2.26. The van der Waals surface area contributed by atoms with Gasteiger partial charge in [0.25, 0.3) is 5.34 Å². The first-order valence-electron chi connectivity index (χ1n) is 5.78. The van der Waals surface area contributed by atoms with E-state index in [4.69, 9.17) is 4.74 Å². The number of hydrogen-bond acceptors (Lipinski definition) is 3. The highest BCUT2D eigenvalue weighted by Crippen LogP contribution is 2.61. The molecule has 0 fully saturated rings. The predicted molar refractivity (Wildman–Crippen MR) is 69.4 cm³/mol. The largest absolute Gasteiger partial charge is 0.474 e. The highest BCUT2D eigenvalue weighted by Gasteiger charge is 2.54. The van der Waals surface area contributed by atoms with E-state index in [2.05, 4.69) is 9.97 Å². The summed E-state index contributed by atoms with van der Waals surface area (Å²) >= 11 is 0. The second-order valence-electron chi connectivity index (χ2n) is 4.58. The van der Waals surface area contributed by atoms with Crippen LogP contribution in [0, 0.1) is 6.92 Å². The zero-order valence-corrected chi connectivity index (χ0v) is 11.1. The monoisotopic (exact) mass is 280 g/mol. The normalized spacial score (nSPS) is 22.9. The number of aromatic nitrogens is 2. The quantitative estimate of drug-likeness (QED) is 0.732. The highest BCUT2D eigenvalue weighted by molar-refractivity contribution is 7.52. The van der Waals surface area contributed by atoms with Gasteiger partial charge < -0.3 is 19.5 Å². The Morgan fingerprint density at radius 1 is 1.47 bits per heavy atom. The smallest absolute Gasteiger partial charge is 0.376 e. The summed E-state index contributed by atoms with van der Waals surface area (Å²) in [7, 11) is -4.52. The summed E-state index contributed by atoms with van der Waals surface area (Å²) in [4.78, 5) is 26.5. The van der Waals surface area contributed by atoms with Gasteiger partial charge in [-0.1, -0.05) is 12.1 Å². The van der Waals surface area contributed by atoms with Crippen molar-refractivity contribution in [3.63, 3.8) is 0 Å². The van der Waals surface area contributed by atoms with Crippen molar-refractivity contribution < 1.29 is 19.1 Å². The number of imidazole rings is 1. The van der Waals surface area contributed by atoms with Crippen molar-refractivity contribution in [1.82, 2.24) is 9.97 Å². The zero-order chi connectivity index (χ0) is 13.7. The third-order valence-electron chi connectivity index (χ3n) is 3.31. The van der Waals surface area contributed by atoms with Crippen molar-refractivity contribution in [3.8, 4) is 0 Å². The van der Waals surface area contributed by atoms with Crippen LogP contribution in [-0.2, 0) is 14.6 Å². The van der Waals surface area contributed by atoms with Gasteiger partial charge >= 0.3 is 7.60 Å². The van der Waals surface area contributed by atoms with E-state index in [9.17, 15) is 14.4 Å². The number of nitrogens with one attached hydrogen (secondary N) is 1. The molecule has 0 saturated carbocycles. The van der Waals surface area contributed by atoms with Crippen LogP contribution in [-0.4, -0.2) is 19.8 Å². The minimum absolute atomic E-state index is 0.0934. The Morgan fingerprint density at radius 3 is 2.84 bits per heavy atom. The van der Waals surface area contributed by atoms with Gasteiger partial charge in [-0.05, 0) is 24.6 Å². The molecular formula is C12H13N2O4P. The number of hydrogen-bond donors (Lipinski definition) is 3. The number of aromatic amines is 1. The van der Waals surface area contributed by atoms with Crippen LogP contribution in [0.1, 0.15) is 17.8 Å². The Kier molecular flexibility index (Phi) is 2.57. The summed E-state index contributed by atoms with van der Waals surface area (Å²) in [6.45, 7) is 1.89. The molecule has 1 unspecified atom stereocenters. The first-order valence-corrected chi connectivity index (χ1v) is 7.39. The van der Waals surface area contributed by atoms with E-state index in [0.717, 1.165) is 11.1 Å². The summed E-state index contributed by atoms with van der Waals surface area (Å²) in [5.41, 5.74) is 2.37. The van der Waals surface area contributed by atoms with Crippen LogP contribution < -0.4 is 0 Å². The molecule has 0 amide bonds. The van der Waals surface area contributed by atoms with Crippen molar-refractivity contribution >= 4 is 18.6 Å². The summed E-state index contributed by atoms with van der Waals surface area (Å²) in [5.74, 6) is 0.162. The minimum atomic E-state index is -4.52. The number of fused-ring (bicyclic) bond motifs is 1. The number of H-pyrrole nitrogens is 1. The summed E-state index contributed by atoms with van der Waals surface area (Å²) in [6, 6.07) is 5.57. The van der Waals surface area contributed by atoms with E-state index in [-0.39, 0.29) is 12.2 Å². The first kappa shape index (κ1) is 12.4. The predicted octanol–water partition coefficient (Wildman–Crippen LogP) is 2.14. The summed E-state index contributed by atoms with van der Waals surface area (Å²) in [6.07, 6.45) is 2.98. The van der Waals surface area contributed by atoms with Crippen LogP contribution in [0.5, 0.6) is 0 Å². The van der Waals surface area contributed by atoms with Gasteiger partial charge in [0.1, 0.15) is 0 Å². The average molecular weight is 280 g/mol. The lowest BCUT2D eigenvalue weighted by atomic mass is 10.2. The van der Waals surface area contributed by atoms with Crippen LogP contribution in [0.4, 0.5) is 0 Å². The lowest BCUT2D eigenvalue weighted by Gasteiger charge is -2.26. The van der Waals surface area contributed by atoms with Crippen molar-refractivity contribution in [2.75, 3.05) is 0 Å². The number of benzene rings is 1. The molecule has 0 bridgehead atoms. The van der Waals surface area contributed by atoms with Gasteiger partial charge in [0.05, 0.1) is 17.3 Å². The fourth-order valence-corrected chi connectivity index (χ4v) is 3.18. The Labute approximate surface area is 109 Å². The first-order chi connectivity index (χ1) is 8.94. The SMILES string of the molecule is Cc1cccc2[nH]c(C3(P(=O)(O)O)CC=CO3)nc12. The van der Waals surface area contributed by atoms with Gasteiger partial charge in [0.15, 0.2) is 5.82 Å². The second kappa shape index (κ2) is 3.93. The van der Waals surface area contributed by atoms with Crippen LogP contribution in [0.3, 0.4) is 0 Å². The van der Waals surface area contributed by atoms with Gasteiger partial charge in [0.2, 0.25) is 0 Å². The molecule has 0 radical (unpaired) electrons. The molecule has 1 aliphatic heterocycles. The standard InChI is InChI=1S/C12H13N2O4P/c1-8-4-2-5-9-10(8)14-11(13-9)12(19(15,16)17)6-3-7-18-12/h2-5,7H,6H2,1H3,(H,13,14)(H2,15,16,17). The fraction of sp³-hybridized carbons (Fsp3) is 0.250. The van der Waals surface area contributed by atoms with Crippen molar-refractivity contribution in [2.45, 2.75) is 18.7 Å². The molecule has 2 heterocycles. The Balaban J connectivity index is 2.22. The van der Waals surface area contributed by atoms with Crippen molar-refractivity contribution in [3.05, 3.63) is 41.9 Å². The van der Waals surface area contributed by atoms with Gasteiger partial charge in [-0.3, -0.25) is 4.57 Å². The molecule has 3 rings (SSSR count). The van der Waals surface area contributed by atoms with Crippen molar-refractivity contribution in [1.29, 1.82) is 0 Å². The third-order valence-corrected chi connectivity index (χ3v) is 4.75. The van der Waals surface area contributed by atoms with Gasteiger partial charge in [-0.2, -0.15) is 0 Å². The average Bonchev–Trinajstić information content (AvgIpc) is 2.95. The lowest BCUT2D eigenvalue weighted by Crippen LogP contribution is -2.26. The number of rotatable bonds is 2. The van der Waals surface area contributed by atoms with E-state index in [1.165, 1.54) is 6.26 Å². The molecule has 6 nitrogen and oxygen atoms in total. The molecule has 1 aliphatic rings. The molecule has 19 heavy (non-hydrogen) atoms. The maximum absolute atomic E-state index is 11.8. The van der Waals surface area contributed by atoms with E-state index in [0.29, 0.717) is 5.52 Å². The van der Waals surface area contributed by atoms with Crippen LogP contribution >= 0.6 is 7.60 Å². The van der Waals surface area contributed by atoms with E-state index >= 15 is 0 Å². The van der Waals surface area contributed by atoms with Gasteiger partial charge in [0, 0.05) is 6.42 Å². The molecule has 3 N–H and O–H groups in total. The maximum atomic E-state index is 11.8. The molecule has 0 aliphatic carbocycles. The third kappa shape index (κ3) is 1.72. The van der Waals surface area contributed by atoms with Crippen molar-refractivity contribution in [2.24, 2.45) is 0 Å². The highest BCUT2D eigenvalue weighted by atomic mass is 31.2. The molecule has 1 aromatic heterocycles. The van der Waals surface area contributed by atoms with E-state index in [1.807, 2.05) is 25.1 Å². The zero-order valence-electron chi connectivity index (χ0n) is 10.2. The molecule has 1 aromatic carbocycles. The van der Waals surface area contributed by atoms with Crippen LogP contribution in [0.25, 0.3) is 11.0 Å². The summed E-state index contributed by atoms with van der Waals surface area (Å²) in [5, 5.41) is -1.72. The Morgan fingerprint density at radius 2 is 2.26 bits per heavy atom. The molecule has 1 atom stereocenters. The minimum Gasteiger partial charge on any atom is -0.474 e. The number of aryl methyl sites for hydroxylation is 1. The Bertz CT molecular complexity index is 708. The van der Waals surface area contributed by atoms with E-state index in [1.54, 1.807) is 6.08 Å².